The van der Waals surface area contributed by atoms with Gasteiger partial charge in [0, 0.05) is 23.6 Å². The van der Waals surface area contributed by atoms with Gasteiger partial charge in [0.15, 0.2) is 5.13 Å². The van der Waals surface area contributed by atoms with Crippen LogP contribution in [0.4, 0.5) is 5.13 Å². The Labute approximate surface area is 168 Å². The highest BCUT2D eigenvalue weighted by atomic mass is 32.1. The lowest BCUT2D eigenvalue weighted by molar-refractivity contribution is -0.117. The number of likely N-dealkylation sites (N-methyl/N-ethyl adjacent to an activating group) is 1. The standard InChI is InChI=1S/C21H23N3O3S/c1-24(12-15-7-5-4-6-8-15)13-20(25)23-21-22-18(14-28-21)17-10-9-16(26-2)11-19(17)27-3/h4-11,14H,12-13H2,1-3H3,(H,22,23,25). The molecule has 0 saturated heterocycles. The topological polar surface area (TPSA) is 63.7 Å². The predicted molar refractivity (Wildman–Crippen MR) is 112 cm³/mol. The molecule has 0 saturated carbocycles. The Morgan fingerprint density at radius 2 is 1.93 bits per heavy atom. The van der Waals surface area contributed by atoms with E-state index in [-0.39, 0.29) is 12.5 Å². The second-order valence-electron chi connectivity index (χ2n) is 6.31. The summed E-state index contributed by atoms with van der Waals surface area (Å²) in [5, 5.41) is 5.33. The average Bonchev–Trinajstić information content (AvgIpc) is 3.16. The van der Waals surface area contributed by atoms with E-state index >= 15 is 0 Å². The third kappa shape index (κ3) is 5.09. The van der Waals surface area contributed by atoms with Crippen molar-refractivity contribution in [2.45, 2.75) is 6.54 Å². The van der Waals surface area contributed by atoms with E-state index in [4.69, 9.17) is 9.47 Å². The SMILES string of the molecule is COc1ccc(-c2csc(NC(=O)CN(C)Cc3ccccc3)n2)c(OC)c1. The molecule has 0 fully saturated rings. The lowest BCUT2D eigenvalue weighted by atomic mass is 10.1. The van der Waals surface area contributed by atoms with Crippen LogP contribution < -0.4 is 14.8 Å². The zero-order valence-electron chi connectivity index (χ0n) is 16.1. The number of hydrogen-bond donors (Lipinski definition) is 1. The molecule has 3 rings (SSSR count). The van der Waals surface area contributed by atoms with Gasteiger partial charge in [-0.2, -0.15) is 0 Å². The fourth-order valence-corrected chi connectivity index (χ4v) is 3.55. The number of rotatable bonds is 8. The van der Waals surface area contributed by atoms with E-state index in [0.29, 0.717) is 23.2 Å². The minimum atomic E-state index is -0.0963. The van der Waals surface area contributed by atoms with E-state index in [1.165, 1.54) is 16.9 Å². The number of nitrogens with zero attached hydrogens (tertiary/aromatic N) is 2. The third-order valence-electron chi connectivity index (χ3n) is 4.14. The summed E-state index contributed by atoms with van der Waals surface area (Å²) in [4.78, 5) is 18.8. The number of carbonyl (C=O) groups excluding carboxylic acids is 1. The summed E-state index contributed by atoms with van der Waals surface area (Å²) >= 11 is 1.38. The second-order valence-corrected chi connectivity index (χ2v) is 7.17. The van der Waals surface area contributed by atoms with E-state index in [1.54, 1.807) is 14.2 Å². The molecule has 0 bridgehead atoms. The van der Waals surface area contributed by atoms with Crippen LogP contribution in [0.2, 0.25) is 0 Å². The summed E-state index contributed by atoms with van der Waals surface area (Å²) in [6.07, 6.45) is 0. The Hall–Kier alpha value is -2.90. The van der Waals surface area contributed by atoms with Crippen molar-refractivity contribution in [1.29, 1.82) is 0 Å². The number of benzene rings is 2. The van der Waals surface area contributed by atoms with Crippen LogP contribution in [0.25, 0.3) is 11.3 Å². The molecule has 0 atom stereocenters. The number of aromatic nitrogens is 1. The van der Waals surface area contributed by atoms with Crippen LogP contribution in [0.3, 0.4) is 0 Å². The normalized spacial score (nSPS) is 10.7. The summed E-state index contributed by atoms with van der Waals surface area (Å²) in [6, 6.07) is 15.6. The van der Waals surface area contributed by atoms with Crippen LogP contribution in [0.15, 0.2) is 53.9 Å². The summed E-state index contributed by atoms with van der Waals surface area (Å²) in [7, 11) is 5.14. The van der Waals surface area contributed by atoms with Gasteiger partial charge >= 0.3 is 0 Å². The number of nitrogens with one attached hydrogen (secondary N) is 1. The van der Waals surface area contributed by atoms with Crippen LogP contribution >= 0.6 is 11.3 Å². The zero-order chi connectivity index (χ0) is 19.9. The molecule has 0 aliphatic rings. The van der Waals surface area contributed by atoms with Crippen molar-refractivity contribution in [2.75, 3.05) is 33.1 Å². The number of anilines is 1. The van der Waals surface area contributed by atoms with Crippen molar-refractivity contribution in [3.8, 4) is 22.8 Å². The van der Waals surface area contributed by atoms with Gasteiger partial charge in [0.1, 0.15) is 11.5 Å². The molecule has 0 spiro atoms. The van der Waals surface area contributed by atoms with Crippen molar-refractivity contribution in [2.24, 2.45) is 0 Å². The molecule has 1 aromatic heterocycles. The Bertz CT molecular complexity index is 928. The Balaban J connectivity index is 1.62. The van der Waals surface area contributed by atoms with Gasteiger partial charge in [-0.05, 0) is 24.7 Å². The summed E-state index contributed by atoms with van der Waals surface area (Å²) < 4.78 is 10.7. The molecule has 28 heavy (non-hydrogen) atoms. The number of carbonyl (C=O) groups is 1. The lowest BCUT2D eigenvalue weighted by Gasteiger charge is -2.15. The molecule has 7 heteroatoms. The third-order valence-corrected chi connectivity index (χ3v) is 4.90. The first-order chi connectivity index (χ1) is 13.6. The Kier molecular flexibility index (Phi) is 6.62. The van der Waals surface area contributed by atoms with Crippen LogP contribution in [0.1, 0.15) is 5.56 Å². The molecular formula is C21H23N3O3S. The molecule has 1 amide bonds. The number of thiazole rings is 1. The van der Waals surface area contributed by atoms with Gasteiger partial charge in [-0.15, -0.1) is 11.3 Å². The fraction of sp³-hybridized carbons (Fsp3) is 0.238. The Morgan fingerprint density at radius 1 is 1.14 bits per heavy atom. The first-order valence-corrected chi connectivity index (χ1v) is 9.67. The fourth-order valence-electron chi connectivity index (χ4n) is 2.82. The molecular weight excluding hydrogens is 374 g/mol. The maximum absolute atomic E-state index is 12.3. The molecule has 1 N–H and O–H groups in total. The zero-order valence-corrected chi connectivity index (χ0v) is 17.0. The predicted octanol–water partition coefficient (Wildman–Crippen LogP) is 3.90. The minimum absolute atomic E-state index is 0.0963. The lowest BCUT2D eigenvalue weighted by Crippen LogP contribution is -2.29. The maximum Gasteiger partial charge on any atom is 0.240 e. The molecule has 1 heterocycles. The monoisotopic (exact) mass is 397 g/mol. The smallest absolute Gasteiger partial charge is 0.240 e. The van der Waals surface area contributed by atoms with Gasteiger partial charge in [0.25, 0.3) is 0 Å². The van der Waals surface area contributed by atoms with Gasteiger partial charge in [-0.3, -0.25) is 9.69 Å². The van der Waals surface area contributed by atoms with Crippen molar-refractivity contribution in [1.82, 2.24) is 9.88 Å². The summed E-state index contributed by atoms with van der Waals surface area (Å²) in [5.41, 5.74) is 2.76. The molecule has 146 valence electrons. The highest BCUT2D eigenvalue weighted by molar-refractivity contribution is 7.14. The van der Waals surface area contributed by atoms with E-state index in [1.807, 2.05) is 65.9 Å². The van der Waals surface area contributed by atoms with Gasteiger partial charge < -0.3 is 14.8 Å². The van der Waals surface area contributed by atoms with Crippen molar-refractivity contribution in [3.05, 3.63) is 59.5 Å². The quantitative estimate of drug-likeness (QED) is 0.625. The minimum Gasteiger partial charge on any atom is -0.497 e. The van der Waals surface area contributed by atoms with E-state index in [2.05, 4.69) is 10.3 Å². The maximum atomic E-state index is 12.3. The van der Waals surface area contributed by atoms with Crippen molar-refractivity contribution in [3.63, 3.8) is 0 Å². The van der Waals surface area contributed by atoms with Crippen molar-refractivity contribution >= 4 is 22.4 Å². The first kappa shape index (κ1) is 19.9. The van der Waals surface area contributed by atoms with Gasteiger partial charge in [-0.25, -0.2) is 4.98 Å². The molecule has 6 nitrogen and oxygen atoms in total. The summed E-state index contributed by atoms with van der Waals surface area (Å²) in [6.45, 7) is 0.996. The van der Waals surface area contributed by atoms with Gasteiger partial charge in [-0.1, -0.05) is 30.3 Å². The largest absolute Gasteiger partial charge is 0.497 e. The van der Waals surface area contributed by atoms with Crippen LogP contribution in [0.5, 0.6) is 11.5 Å². The number of hydrogen-bond acceptors (Lipinski definition) is 6. The number of methoxy groups -OCH3 is 2. The number of amides is 1. The average molecular weight is 398 g/mol. The van der Waals surface area contributed by atoms with Crippen LogP contribution in [0, 0.1) is 0 Å². The molecule has 3 aromatic rings. The van der Waals surface area contributed by atoms with E-state index < -0.39 is 0 Å². The Morgan fingerprint density at radius 3 is 2.64 bits per heavy atom. The van der Waals surface area contributed by atoms with Gasteiger partial charge in [0.05, 0.1) is 26.5 Å². The molecule has 0 unspecified atom stereocenters. The highest BCUT2D eigenvalue weighted by Gasteiger charge is 2.14. The highest BCUT2D eigenvalue weighted by Crippen LogP contribution is 2.34. The second kappa shape index (κ2) is 9.34. The van der Waals surface area contributed by atoms with Crippen LogP contribution in [-0.2, 0) is 11.3 Å². The molecule has 2 aromatic carbocycles. The van der Waals surface area contributed by atoms with E-state index in [9.17, 15) is 4.79 Å². The summed E-state index contributed by atoms with van der Waals surface area (Å²) in [5.74, 6) is 1.29. The molecule has 0 radical (unpaired) electrons. The van der Waals surface area contributed by atoms with E-state index in [0.717, 1.165) is 11.3 Å². The first-order valence-electron chi connectivity index (χ1n) is 8.79. The molecule has 0 aliphatic heterocycles. The number of ether oxygens (including phenoxy) is 2. The van der Waals surface area contributed by atoms with Crippen molar-refractivity contribution < 1.29 is 14.3 Å². The van der Waals surface area contributed by atoms with Crippen LogP contribution in [-0.4, -0.2) is 43.6 Å². The van der Waals surface area contributed by atoms with Gasteiger partial charge in [0.2, 0.25) is 5.91 Å². The molecule has 0 aliphatic carbocycles.